The maximum atomic E-state index is 10.9. The van der Waals surface area contributed by atoms with Crippen LogP contribution in [0.1, 0.15) is 32.1 Å². The number of esters is 1. The van der Waals surface area contributed by atoms with Gasteiger partial charge >= 0.3 is 5.97 Å². The topological polar surface area (TPSA) is 52.3 Å². The lowest BCUT2D eigenvalue weighted by Gasteiger charge is -2.21. The fourth-order valence-electron chi connectivity index (χ4n) is 1.75. The zero-order chi connectivity index (χ0) is 9.68. The van der Waals surface area contributed by atoms with Gasteiger partial charge in [0.05, 0.1) is 7.11 Å². The monoisotopic (exact) mass is 183 g/mol. The van der Waals surface area contributed by atoms with Gasteiger partial charge in [0.25, 0.3) is 0 Å². The molecule has 0 unspecified atom stereocenters. The average molecular weight is 183 g/mol. The van der Waals surface area contributed by atoms with Gasteiger partial charge in [0, 0.05) is 11.8 Å². The fourth-order valence-corrected chi connectivity index (χ4v) is 1.75. The number of hydrogen-bond acceptors (Lipinski definition) is 3. The number of carbonyl (C=O) groups excluding carboxylic acids is 1. The van der Waals surface area contributed by atoms with Crippen molar-refractivity contribution in [3.8, 4) is 0 Å². The van der Waals surface area contributed by atoms with Crippen LogP contribution in [0.5, 0.6) is 0 Å². The largest absolute Gasteiger partial charge is 0.466 e. The van der Waals surface area contributed by atoms with Crippen molar-refractivity contribution in [1.82, 2.24) is 0 Å². The molecule has 3 nitrogen and oxygen atoms in total. The van der Waals surface area contributed by atoms with E-state index in [1.54, 1.807) is 0 Å². The van der Waals surface area contributed by atoms with Crippen molar-refractivity contribution < 1.29 is 9.53 Å². The first-order chi connectivity index (χ1) is 6.24. The SMILES string of the molecule is COC(=O)/C=C(/N)C1CCCCC1. The summed E-state index contributed by atoms with van der Waals surface area (Å²) < 4.78 is 4.52. The number of methoxy groups -OCH3 is 1. The number of carbonyl (C=O) groups is 1. The normalized spacial score (nSPS) is 19.9. The minimum atomic E-state index is -0.344. The minimum Gasteiger partial charge on any atom is -0.466 e. The second-order valence-electron chi connectivity index (χ2n) is 3.50. The van der Waals surface area contributed by atoms with Crippen molar-refractivity contribution in [3.05, 3.63) is 11.8 Å². The molecule has 3 heteroatoms. The van der Waals surface area contributed by atoms with Crippen LogP contribution in [0.4, 0.5) is 0 Å². The predicted octanol–water partition coefficient (Wildman–Crippen LogP) is 1.58. The Morgan fingerprint density at radius 1 is 1.38 bits per heavy atom. The van der Waals surface area contributed by atoms with Crippen molar-refractivity contribution in [2.45, 2.75) is 32.1 Å². The third kappa shape index (κ3) is 3.09. The van der Waals surface area contributed by atoms with Crippen LogP contribution >= 0.6 is 0 Å². The molecule has 0 saturated heterocycles. The Morgan fingerprint density at radius 2 is 2.00 bits per heavy atom. The summed E-state index contributed by atoms with van der Waals surface area (Å²) in [5.41, 5.74) is 6.47. The van der Waals surface area contributed by atoms with Crippen molar-refractivity contribution in [3.63, 3.8) is 0 Å². The Balaban J connectivity index is 2.49. The van der Waals surface area contributed by atoms with Crippen molar-refractivity contribution >= 4 is 5.97 Å². The molecule has 0 aromatic rings. The molecule has 0 aromatic carbocycles. The van der Waals surface area contributed by atoms with Crippen molar-refractivity contribution in [2.75, 3.05) is 7.11 Å². The molecule has 0 bridgehead atoms. The molecule has 2 N–H and O–H groups in total. The summed E-state index contributed by atoms with van der Waals surface area (Å²) in [7, 11) is 1.37. The molecule has 0 spiro atoms. The molecular weight excluding hydrogens is 166 g/mol. The van der Waals surface area contributed by atoms with Crippen LogP contribution in [0.15, 0.2) is 11.8 Å². The second kappa shape index (κ2) is 4.90. The molecule has 1 saturated carbocycles. The van der Waals surface area contributed by atoms with Crippen molar-refractivity contribution in [2.24, 2.45) is 11.7 Å². The molecule has 13 heavy (non-hydrogen) atoms. The quantitative estimate of drug-likeness (QED) is 0.522. The first-order valence-electron chi connectivity index (χ1n) is 4.79. The molecule has 74 valence electrons. The summed E-state index contributed by atoms with van der Waals surface area (Å²) in [5.74, 6) is 0.0518. The zero-order valence-electron chi connectivity index (χ0n) is 8.08. The van der Waals surface area contributed by atoms with E-state index in [4.69, 9.17) is 5.73 Å². The molecule has 0 radical (unpaired) electrons. The molecule has 1 aliphatic rings. The van der Waals surface area contributed by atoms with Gasteiger partial charge in [0.1, 0.15) is 0 Å². The Labute approximate surface area is 78.9 Å². The highest BCUT2D eigenvalue weighted by atomic mass is 16.5. The van der Waals surface area contributed by atoms with E-state index in [1.165, 1.54) is 32.4 Å². The van der Waals surface area contributed by atoms with Crippen LogP contribution in [-0.4, -0.2) is 13.1 Å². The van der Waals surface area contributed by atoms with Gasteiger partial charge in [-0.1, -0.05) is 19.3 Å². The predicted molar refractivity (Wildman–Crippen MR) is 50.9 cm³/mol. The molecule has 0 aromatic heterocycles. The van der Waals surface area contributed by atoms with Gasteiger partial charge in [-0.2, -0.15) is 0 Å². The van der Waals surface area contributed by atoms with E-state index in [0.717, 1.165) is 12.8 Å². The van der Waals surface area contributed by atoms with Gasteiger partial charge in [-0.05, 0) is 18.8 Å². The van der Waals surface area contributed by atoms with E-state index in [-0.39, 0.29) is 5.97 Å². The Morgan fingerprint density at radius 3 is 2.54 bits per heavy atom. The van der Waals surface area contributed by atoms with E-state index in [9.17, 15) is 4.79 Å². The average Bonchev–Trinajstić information content (AvgIpc) is 2.19. The molecule has 0 atom stereocenters. The zero-order valence-corrected chi connectivity index (χ0v) is 8.08. The van der Waals surface area contributed by atoms with E-state index in [2.05, 4.69) is 4.74 Å². The van der Waals surface area contributed by atoms with Crippen molar-refractivity contribution in [1.29, 1.82) is 0 Å². The Hall–Kier alpha value is -0.990. The van der Waals surface area contributed by atoms with Gasteiger partial charge in [-0.25, -0.2) is 4.79 Å². The van der Waals surface area contributed by atoms with Crippen LogP contribution in [-0.2, 0) is 9.53 Å². The molecule has 1 rings (SSSR count). The standard InChI is InChI=1S/C10H17NO2/c1-13-10(12)7-9(11)8-5-3-2-4-6-8/h7-8H,2-6,11H2,1H3/b9-7+. The van der Waals surface area contributed by atoms with Crippen LogP contribution < -0.4 is 5.73 Å². The van der Waals surface area contributed by atoms with E-state index >= 15 is 0 Å². The first-order valence-corrected chi connectivity index (χ1v) is 4.79. The van der Waals surface area contributed by atoms with Gasteiger partial charge in [-0.15, -0.1) is 0 Å². The molecule has 1 fully saturated rings. The highest BCUT2D eigenvalue weighted by molar-refractivity contribution is 5.82. The number of rotatable bonds is 2. The summed E-state index contributed by atoms with van der Waals surface area (Å²) in [4.78, 5) is 10.9. The highest BCUT2D eigenvalue weighted by Gasteiger charge is 2.16. The van der Waals surface area contributed by atoms with Crippen LogP contribution in [0.25, 0.3) is 0 Å². The molecule has 0 heterocycles. The molecule has 0 aliphatic heterocycles. The second-order valence-corrected chi connectivity index (χ2v) is 3.50. The Bertz CT molecular complexity index is 205. The molecule has 0 amide bonds. The summed E-state index contributed by atoms with van der Waals surface area (Å²) >= 11 is 0. The van der Waals surface area contributed by atoms with Gasteiger partial charge in [-0.3, -0.25) is 0 Å². The molecular formula is C10H17NO2. The minimum absolute atomic E-state index is 0.344. The highest BCUT2D eigenvalue weighted by Crippen LogP contribution is 2.27. The lowest BCUT2D eigenvalue weighted by atomic mass is 9.87. The van der Waals surface area contributed by atoms with Gasteiger partial charge in [0.2, 0.25) is 0 Å². The van der Waals surface area contributed by atoms with Crippen LogP contribution in [0.2, 0.25) is 0 Å². The van der Waals surface area contributed by atoms with Gasteiger partial charge in [0.15, 0.2) is 0 Å². The summed E-state index contributed by atoms with van der Waals surface area (Å²) in [5, 5.41) is 0. The third-order valence-corrected chi connectivity index (χ3v) is 2.56. The number of allylic oxidation sites excluding steroid dienone is 1. The lowest BCUT2D eigenvalue weighted by Crippen LogP contribution is -2.17. The maximum Gasteiger partial charge on any atom is 0.332 e. The van der Waals surface area contributed by atoms with E-state index in [1.807, 2.05) is 0 Å². The lowest BCUT2D eigenvalue weighted by molar-refractivity contribution is -0.134. The van der Waals surface area contributed by atoms with E-state index in [0.29, 0.717) is 11.6 Å². The van der Waals surface area contributed by atoms with E-state index < -0.39 is 0 Å². The summed E-state index contributed by atoms with van der Waals surface area (Å²) in [6.45, 7) is 0. The fraction of sp³-hybridized carbons (Fsp3) is 0.700. The Kier molecular flexibility index (Phi) is 3.80. The first kappa shape index (κ1) is 10.1. The number of hydrogen-bond donors (Lipinski definition) is 1. The summed E-state index contributed by atoms with van der Waals surface area (Å²) in [6, 6.07) is 0. The number of ether oxygens (including phenoxy) is 1. The third-order valence-electron chi connectivity index (χ3n) is 2.56. The smallest absolute Gasteiger partial charge is 0.332 e. The number of nitrogens with two attached hydrogens (primary N) is 1. The van der Waals surface area contributed by atoms with Gasteiger partial charge < -0.3 is 10.5 Å². The summed E-state index contributed by atoms with van der Waals surface area (Å²) in [6.07, 6.45) is 7.37. The van der Waals surface area contributed by atoms with Crippen LogP contribution in [0.3, 0.4) is 0 Å². The molecule has 1 aliphatic carbocycles. The maximum absolute atomic E-state index is 10.9. The van der Waals surface area contributed by atoms with Crippen LogP contribution in [0, 0.1) is 5.92 Å².